The molecule has 0 spiro atoms. The number of esters is 1. The van der Waals surface area contributed by atoms with E-state index in [9.17, 15) is 4.79 Å². The lowest BCUT2D eigenvalue weighted by atomic mass is 10.1. The lowest BCUT2D eigenvalue weighted by molar-refractivity contribution is -0.143. The monoisotopic (exact) mass is 476 g/mol. The van der Waals surface area contributed by atoms with Crippen molar-refractivity contribution >= 4 is 12.0 Å². The summed E-state index contributed by atoms with van der Waals surface area (Å²) in [6.45, 7) is 2.32. The molecule has 178 valence electrons. The Hall–Kier alpha value is -4.78. The molecule has 0 saturated carbocycles. The summed E-state index contributed by atoms with van der Waals surface area (Å²) in [7, 11) is 0. The van der Waals surface area contributed by atoms with Crippen LogP contribution in [0.15, 0.2) is 108 Å². The Bertz CT molecular complexity index is 1460. The van der Waals surface area contributed by atoms with Crippen molar-refractivity contribution in [3.8, 4) is 22.7 Å². The second kappa shape index (κ2) is 10.7. The van der Waals surface area contributed by atoms with Crippen LogP contribution in [0.4, 0.5) is 0 Å². The number of rotatable bonds is 8. The van der Waals surface area contributed by atoms with Gasteiger partial charge < -0.3 is 9.15 Å². The topological polar surface area (TPSA) is 83.0 Å². The van der Waals surface area contributed by atoms with Gasteiger partial charge >= 0.3 is 5.97 Å². The fourth-order valence-electron chi connectivity index (χ4n) is 3.75. The highest BCUT2D eigenvalue weighted by Crippen LogP contribution is 2.25. The molecule has 0 radical (unpaired) electrons. The summed E-state index contributed by atoms with van der Waals surface area (Å²) in [5, 5.41) is 12.9. The van der Waals surface area contributed by atoms with Crippen molar-refractivity contribution in [1.82, 2.24) is 20.0 Å². The van der Waals surface area contributed by atoms with Gasteiger partial charge in [0.2, 0.25) is 5.89 Å². The molecule has 0 bridgehead atoms. The maximum absolute atomic E-state index is 12.6. The highest BCUT2D eigenvalue weighted by molar-refractivity contribution is 5.88. The first kappa shape index (κ1) is 23.0. The molecule has 36 heavy (non-hydrogen) atoms. The molecule has 7 heteroatoms. The Morgan fingerprint density at radius 1 is 0.917 bits per heavy atom. The van der Waals surface area contributed by atoms with E-state index in [1.165, 1.54) is 6.08 Å². The standard InChI is InChI=1S/C29H24N4O3/c1-21(28-30-31-29(36-28)24-15-9-4-10-16-24)35-26(34)18-17-25-20-33(19-22-11-5-2-6-12-22)32-27(25)23-13-7-3-8-14-23/h2-18,20-21H,19H2,1H3/b18-17+. The molecule has 0 saturated heterocycles. The summed E-state index contributed by atoms with van der Waals surface area (Å²) in [5.41, 5.74) is 4.50. The van der Waals surface area contributed by atoms with Gasteiger partial charge in [-0.2, -0.15) is 5.10 Å². The van der Waals surface area contributed by atoms with Gasteiger partial charge in [-0.3, -0.25) is 4.68 Å². The Morgan fingerprint density at radius 3 is 2.25 bits per heavy atom. The van der Waals surface area contributed by atoms with E-state index in [4.69, 9.17) is 14.3 Å². The van der Waals surface area contributed by atoms with Crippen molar-refractivity contribution in [3.05, 3.63) is 120 Å². The average Bonchev–Trinajstić information content (AvgIpc) is 3.57. The van der Waals surface area contributed by atoms with E-state index in [-0.39, 0.29) is 5.89 Å². The van der Waals surface area contributed by atoms with Crippen LogP contribution in [0, 0.1) is 0 Å². The summed E-state index contributed by atoms with van der Waals surface area (Å²) >= 11 is 0. The van der Waals surface area contributed by atoms with Gasteiger partial charge in [0.25, 0.3) is 5.89 Å². The van der Waals surface area contributed by atoms with Gasteiger partial charge in [-0.25, -0.2) is 4.79 Å². The predicted molar refractivity (Wildman–Crippen MR) is 136 cm³/mol. The van der Waals surface area contributed by atoms with E-state index in [0.717, 1.165) is 27.9 Å². The Kier molecular flexibility index (Phi) is 6.80. The normalized spacial score (nSPS) is 12.0. The first-order valence-corrected chi connectivity index (χ1v) is 11.6. The summed E-state index contributed by atoms with van der Waals surface area (Å²) < 4.78 is 13.1. The highest BCUT2D eigenvalue weighted by atomic mass is 16.6. The minimum atomic E-state index is -0.693. The molecule has 2 aromatic heterocycles. The van der Waals surface area contributed by atoms with Gasteiger partial charge in [-0.05, 0) is 30.7 Å². The van der Waals surface area contributed by atoms with Gasteiger partial charge in [0, 0.05) is 29.0 Å². The molecular formula is C29H24N4O3. The quantitative estimate of drug-likeness (QED) is 0.203. The lowest BCUT2D eigenvalue weighted by Crippen LogP contribution is -2.06. The fourth-order valence-corrected chi connectivity index (χ4v) is 3.75. The molecule has 1 unspecified atom stereocenters. The number of hydrogen-bond donors (Lipinski definition) is 0. The third kappa shape index (κ3) is 5.47. The van der Waals surface area contributed by atoms with Gasteiger partial charge in [0.05, 0.1) is 12.2 Å². The van der Waals surface area contributed by atoms with Crippen LogP contribution in [0.1, 0.15) is 30.0 Å². The van der Waals surface area contributed by atoms with Crippen LogP contribution in [0.5, 0.6) is 0 Å². The van der Waals surface area contributed by atoms with Crippen molar-refractivity contribution in [3.63, 3.8) is 0 Å². The molecule has 0 N–H and O–H groups in total. The molecule has 2 heterocycles. The van der Waals surface area contributed by atoms with Gasteiger partial charge in [-0.15, -0.1) is 10.2 Å². The molecule has 0 fully saturated rings. The summed E-state index contributed by atoms with van der Waals surface area (Å²) in [4.78, 5) is 12.6. The van der Waals surface area contributed by atoms with Gasteiger partial charge in [-0.1, -0.05) is 78.9 Å². The zero-order valence-corrected chi connectivity index (χ0v) is 19.7. The maximum Gasteiger partial charge on any atom is 0.331 e. The van der Waals surface area contributed by atoms with E-state index in [0.29, 0.717) is 12.4 Å². The lowest BCUT2D eigenvalue weighted by Gasteiger charge is -2.06. The largest absolute Gasteiger partial charge is 0.449 e. The molecule has 5 rings (SSSR count). The molecule has 1 atom stereocenters. The van der Waals surface area contributed by atoms with E-state index in [1.807, 2.05) is 89.7 Å². The molecule has 7 nitrogen and oxygen atoms in total. The van der Waals surface area contributed by atoms with Gasteiger partial charge in [0.15, 0.2) is 6.10 Å². The molecule has 3 aromatic carbocycles. The zero-order chi connectivity index (χ0) is 24.7. The minimum Gasteiger partial charge on any atom is -0.449 e. The first-order chi connectivity index (χ1) is 17.7. The molecule has 0 aliphatic carbocycles. The Balaban J connectivity index is 1.31. The molecular weight excluding hydrogens is 452 g/mol. The van der Waals surface area contributed by atoms with Crippen LogP contribution in [0.3, 0.4) is 0 Å². The van der Waals surface area contributed by atoms with Crippen LogP contribution < -0.4 is 0 Å². The highest BCUT2D eigenvalue weighted by Gasteiger charge is 2.18. The van der Waals surface area contributed by atoms with Crippen LogP contribution in [0.25, 0.3) is 28.8 Å². The van der Waals surface area contributed by atoms with Crippen LogP contribution in [0.2, 0.25) is 0 Å². The Morgan fingerprint density at radius 2 is 1.56 bits per heavy atom. The fraction of sp³-hybridized carbons (Fsp3) is 0.103. The number of aromatic nitrogens is 4. The average molecular weight is 477 g/mol. The van der Waals surface area contributed by atoms with Crippen LogP contribution in [-0.4, -0.2) is 25.9 Å². The van der Waals surface area contributed by atoms with Crippen molar-refractivity contribution < 1.29 is 13.9 Å². The number of nitrogens with zero attached hydrogens (tertiary/aromatic N) is 4. The molecule has 0 aliphatic rings. The molecule has 0 amide bonds. The number of benzene rings is 3. The number of carbonyl (C=O) groups excluding carboxylic acids is 1. The maximum atomic E-state index is 12.6. The molecule has 5 aromatic rings. The third-order valence-electron chi connectivity index (χ3n) is 5.53. The predicted octanol–water partition coefficient (Wildman–Crippen LogP) is 5.97. The molecule has 0 aliphatic heterocycles. The van der Waals surface area contributed by atoms with Crippen LogP contribution in [-0.2, 0) is 16.1 Å². The van der Waals surface area contributed by atoms with E-state index in [1.54, 1.807) is 13.0 Å². The SMILES string of the molecule is CC(OC(=O)/C=C/c1cn(Cc2ccccc2)nc1-c1ccccc1)c1nnc(-c2ccccc2)o1. The Labute approximate surface area is 208 Å². The van der Waals surface area contributed by atoms with Crippen molar-refractivity contribution in [2.75, 3.05) is 0 Å². The second-order valence-electron chi connectivity index (χ2n) is 8.21. The van der Waals surface area contributed by atoms with E-state index in [2.05, 4.69) is 22.3 Å². The third-order valence-corrected chi connectivity index (χ3v) is 5.53. The zero-order valence-electron chi connectivity index (χ0n) is 19.7. The van der Waals surface area contributed by atoms with E-state index < -0.39 is 12.1 Å². The van der Waals surface area contributed by atoms with Crippen molar-refractivity contribution in [1.29, 1.82) is 0 Å². The van der Waals surface area contributed by atoms with Crippen LogP contribution >= 0.6 is 0 Å². The summed E-state index contributed by atoms with van der Waals surface area (Å²) in [6.07, 6.45) is 4.34. The summed E-state index contributed by atoms with van der Waals surface area (Å²) in [6, 6.07) is 29.4. The van der Waals surface area contributed by atoms with Crippen molar-refractivity contribution in [2.24, 2.45) is 0 Å². The van der Waals surface area contributed by atoms with Gasteiger partial charge in [0.1, 0.15) is 0 Å². The number of ether oxygens (including phenoxy) is 1. The second-order valence-corrected chi connectivity index (χ2v) is 8.21. The smallest absolute Gasteiger partial charge is 0.331 e. The number of hydrogen-bond acceptors (Lipinski definition) is 6. The van der Waals surface area contributed by atoms with E-state index >= 15 is 0 Å². The summed E-state index contributed by atoms with van der Waals surface area (Å²) in [5.74, 6) is 0.0930. The number of carbonyl (C=O) groups is 1. The minimum absolute atomic E-state index is 0.233. The van der Waals surface area contributed by atoms with Crippen molar-refractivity contribution in [2.45, 2.75) is 19.6 Å². The first-order valence-electron chi connectivity index (χ1n) is 11.6.